The molecule has 2 nitrogen and oxygen atoms in total. The second-order valence-corrected chi connectivity index (χ2v) is 9.61. The van der Waals surface area contributed by atoms with E-state index in [9.17, 15) is 5.26 Å². The highest BCUT2D eigenvalue weighted by Crippen LogP contribution is 2.44. The highest BCUT2D eigenvalue weighted by molar-refractivity contribution is 7.19. The van der Waals surface area contributed by atoms with Crippen molar-refractivity contribution in [2.75, 3.05) is 0 Å². The van der Waals surface area contributed by atoms with Gasteiger partial charge in [-0.15, -0.1) is 23.7 Å². The monoisotopic (exact) mass is 458 g/mol. The Labute approximate surface area is 200 Å². The summed E-state index contributed by atoms with van der Waals surface area (Å²) >= 11 is 1.83. The molecule has 2 aromatic carbocycles. The largest absolute Gasteiger partial charge is 0.235 e. The number of hydrogen-bond acceptors (Lipinski definition) is 3. The van der Waals surface area contributed by atoms with Crippen LogP contribution in [0, 0.1) is 18.3 Å². The number of aromatic nitrogens is 1. The van der Waals surface area contributed by atoms with Crippen molar-refractivity contribution < 1.29 is 0 Å². The zero-order valence-electron chi connectivity index (χ0n) is 18.6. The maximum atomic E-state index is 10.3. The molecule has 0 atom stereocenters. The third-order valence-electron chi connectivity index (χ3n) is 6.32. The van der Waals surface area contributed by atoms with Crippen molar-refractivity contribution in [3.63, 3.8) is 0 Å². The van der Waals surface area contributed by atoms with Gasteiger partial charge in [0.05, 0.1) is 11.3 Å². The molecule has 0 aliphatic heterocycles. The van der Waals surface area contributed by atoms with Crippen LogP contribution in [0.2, 0.25) is 0 Å². The molecule has 0 radical (unpaired) electrons. The Balaban J connectivity index is 0.00000245. The van der Waals surface area contributed by atoms with Crippen molar-refractivity contribution in [3.05, 3.63) is 75.7 Å². The minimum absolute atomic E-state index is 0. The molecule has 1 aliphatic carbocycles. The number of hydrogen-bond donors (Lipinski definition) is 0. The smallest absolute Gasteiger partial charge is 0.125 e. The molecule has 0 spiro atoms. The average molecular weight is 459 g/mol. The predicted octanol–water partition coefficient (Wildman–Crippen LogP) is 8.06. The molecular formula is C28H27ClN2S. The lowest BCUT2D eigenvalue weighted by Gasteiger charge is -2.15. The van der Waals surface area contributed by atoms with Crippen LogP contribution in [0.15, 0.2) is 48.5 Å². The molecule has 2 heterocycles. The fourth-order valence-corrected chi connectivity index (χ4v) is 6.00. The lowest BCUT2D eigenvalue weighted by molar-refractivity contribution is 0.700. The van der Waals surface area contributed by atoms with Crippen LogP contribution >= 0.6 is 23.7 Å². The average Bonchev–Trinajstić information content (AvgIpc) is 3.17. The fourth-order valence-electron chi connectivity index (χ4n) is 4.73. The van der Waals surface area contributed by atoms with E-state index in [0.29, 0.717) is 5.56 Å². The Bertz CT molecular complexity index is 1300. The van der Waals surface area contributed by atoms with Crippen LogP contribution in [0.4, 0.5) is 0 Å². The van der Waals surface area contributed by atoms with Gasteiger partial charge >= 0.3 is 0 Å². The summed E-state index contributed by atoms with van der Waals surface area (Å²) in [7, 11) is 0. The highest BCUT2D eigenvalue weighted by Gasteiger charge is 2.25. The first-order valence-corrected chi connectivity index (χ1v) is 12.1. The molecule has 162 valence electrons. The van der Waals surface area contributed by atoms with E-state index in [0.717, 1.165) is 52.9 Å². The first-order chi connectivity index (χ1) is 15.2. The Hall–Kier alpha value is -2.67. The molecule has 2 aromatic heterocycles. The Morgan fingerprint density at radius 1 is 0.969 bits per heavy atom. The van der Waals surface area contributed by atoms with Gasteiger partial charge in [-0.1, -0.05) is 67.4 Å². The van der Waals surface area contributed by atoms with Gasteiger partial charge in [-0.05, 0) is 55.7 Å². The normalized spacial score (nSPS) is 12.8. The number of thiophene rings is 1. The maximum Gasteiger partial charge on any atom is 0.125 e. The zero-order valence-corrected chi connectivity index (χ0v) is 20.2. The minimum atomic E-state index is 0. The number of aryl methyl sites for hydroxylation is 4. The number of nitriles is 1. The molecule has 32 heavy (non-hydrogen) atoms. The van der Waals surface area contributed by atoms with Crippen LogP contribution in [0.1, 0.15) is 53.3 Å². The van der Waals surface area contributed by atoms with E-state index < -0.39 is 0 Å². The number of nitrogens with zero attached hydrogens (tertiary/aromatic N) is 2. The summed E-state index contributed by atoms with van der Waals surface area (Å²) in [6.45, 7) is 4.30. The zero-order chi connectivity index (χ0) is 21.4. The van der Waals surface area contributed by atoms with Crippen LogP contribution in [0.25, 0.3) is 32.6 Å². The van der Waals surface area contributed by atoms with E-state index in [1.54, 1.807) is 0 Å². The molecular weight excluding hydrogens is 432 g/mol. The Morgan fingerprint density at radius 3 is 2.34 bits per heavy atom. The topological polar surface area (TPSA) is 36.7 Å². The highest BCUT2D eigenvalue weighted by atomic mass is 35.5. The van der Waals surface area contributed by atoms with Gasteiger partial charge in [-0.3, -0.25) is 0 Å². The molecule has 0 saturated carbocycles. The van der Waals surface area contributed by atoms with Gasteiger partial charge in [0.15, 0.2) is 0 Å². The number of benzene rings is 2. The van der Waals surface area contributed by atoms with Crippen LogP contribution in [-0.4, -0.2) is 4.98 Å². The molecule has 0 fully saturated rings. The van der Waals surface area contributed by atoms with Crippen molar-refractivity contribution in [1.29, 1.82) is 5.26 Å². The van der Waals surface area contributed by atoms with Crippen LogP contribution in [0.5, 0.6) is 0 Å². The van der Waals surface area contributed by atoms with Crippen LogP contribution in [-0.2, 0) is 19.3 Å². The number of rotatable bonds is 4. The molecule has 0 N–H and O–H groups in total. The molecule has 5 rings (SSSR count). The van der Waals surface area contributed by atoms with Crippen LogP contribution in [0.3, 0.4) is 0 Å². The van der Waals surface area contributed by atoms with Gasteiger partial charge < -0.3 is 0 Å². The summed E-state index contributed by atoms with van der Waals surface area (Å²) in [4.78, 5) is 7.63. The van der Waals surface area contributed by atoms with Gasteiger partial charge in [0, 0.05) is 21.4 Å². The van der Waals surface area contributed by atoms with Gasteiger partial charge in [-0.2, -0.15) is 5.26 Å². The first-order valence-electron chi connectivity index (χ1n) is 11.2. The van der Waals surface area contributed by atoms with Crippen molar-refractivity contribution in [2.45, 2.75) is 52.4 Å². The van der Waals surface area contributed by atoms with E-state index >= 15 is 0 Å². The maximum absolute atomic E-state index is 10.3. The summed E-state index contributed by atoms with van der Waals surface area (Å²) < 4.78 is 0. The second-order valence-electron chi connectivity index (χ2n) is 8.53. The molecule has 1 aliphatic rings. The quantitative estimate of drug-likeness (QED) is 0.310. The summed E-state index contributed by atoms with van der Waals surface area (Å²) in [5.74, 6) is 0. The molecule has 0 unspecified atom stereocenters. The summed E-state index contributed by atoms with van der Waals surface area (Å²) in [5, 5.41) is 11.5. The van der Waals surface area contributed by atoms with E-state index in [1.165, 1.54) is 39.8 Å². The van der Waals surface area contributed by atoms with Crippen molar-refractivity contribution in [2.24, 2.45) is 0 Å². The van der Waals surface area contributed by atoms with E-state index in [-0.39, 0.29) is 12.4 Å². The third kappa shape index (κ3) is 3.94. The predicted molar refractivity (Wildman–Crippen MR) is 138 cm³/mol. The van der Waals surface area contributed by atoms with Crippen molar-refractivity contribution >= 4 is 34.0 Å². The molecule has 0 saturated heterocycles. The second kappa shape index (κ2) is 9.45. The van der Waals surface area contributed by atoms with Gasteiger partial charge in [0.2, 0.25) is 0 Å². The van der Waals surface area contributed by atoms with Crippen molar-refractivity contribution in [1.82, 2.24) is 4.98 Å². The molecule has 0 amide bonds. The SMILES string of the molecule is CCCc1ccc(-c2nc3sc4c(c3c(-c3ccc(C)cc3)c2C#N)CCCC4)cc1.Cl. The molecule has 4 heteroatoms. The summed E-state index contributed by atoms with van der Waals surface area (Å²) in [5.41, 5.74) is 8.71. The standard InChI is InChI=1S/C28H26N2S.ClH/c1-3-6-19-11-15-21(16-12-19)27-23(17-29)25(20-13-9-18(2)10-14-20)26-22-7-4-5-8-24(22)31-28(26)30-27;/h9-16H,3-8H2,1-2H3;1H. The Kier molecular flexibility index (Phi) is 6.65. The number of fused-ring (bicyclic) bond motifs is 3. The molecule has 4 aromatic rings. The summed E-state index contributed by atoms with van der Waals surface area (Å²) in [6.07, 6.45) is 6.89. The Morgan fingerprint density at radius 2 is 1.66 bits per heavy atom. The van der Waals surface area contributed by atoms with Crippen LogP contribution < -0.4 is 0 Å². The van der Waals surface area contributed by atoms with E-state index in [1.807, 2.05) is 11.3 Å². The number of halogens is 1. The van der Waals surface area contributed by atoms with Crippen molar-refractivity contribution in [3.8, 4) is 28.5 Å². The lowest BCUT2D eigenvalue weighted by Crippen LogP contribution is -2.00. The minimum Gasteiger partial charge on any atom is -0.235 e. The van der Waals surface area contributed by atoms with Gasteiger partial charge in [0.1, 0.15) is 10.9 Å². The van der Waals surface area contributed by atoms with Gasteiger partial charge in [-0.25, -0.2) is 4.98 Å². The van der Waals surface area contributed by atoms with E-state index in [4.69, 9.17) is 4.98 Å². The van der Waals surface area contributed by atoms with Gasteiger partial charge in [0.25, 0.3) is 0 Å². The third-order valence-corrected chi connectivity index (χ3v) is 7.51. The number of pyridine rings is 1. The fraction of sp³-hybridized carbons (Fsp3) is 0.286. The summed E-state index contributed by atoms with van der Waals surface area (Å²) in [6, 6.07) is 19.8. The molecule has 0 bridgehead atoms. The van der Waals surface area contributed by atoms with E-state index in [2.05, 4.69) is 68.4 Å². The first kappa shape index (κ1) is 22.5. The lowest BCUT2D eigenvalue weighted by atomic mass is 9.88.